The van der Waals surface area contributed by atoms with Crippen LogP contribution in [-0.2, 0) is 6.54 Å². The van der Waals surface area contributed by atoms with Crippen molar-refractivity contribution in [2.45, 2.75) is 72.4 Å². The average Bonchev–Trinajstić information content (AvgIpc) is 3.18. The number of nitrogens with one attached hydrogen (secondary N) is 1. The van der Waals surface area contributed by atoms with Crippen LogP contribution in [0.25, 0.3) is 0 Å². The van der Waals surface area contributed by atoms with Crippen molar-refractivity contribution in [3.8, 4) is 5.88 Å². The van der Waals surface area contributed by atoms with Gasteiger partial charge in [-0.3, -0.25) is 0 Å². The lowest BCUT2D eigenvalue weighted by Crippen LogP contribution is -2.16. The van der Waals surface area contributed by atoms with E-state index < -0.39 is 0 Å². The van der Waals surface area contributed by atoms with Crippen LogP contribution in [0.4, 0.5) is 0 Å². The van der Waals surface area contributed by atoms with Gasteiger partial charge in [0.05, 0.1) is 6.61 Å². The van der Waals surface area contributed by atoms with E-state index in [2.05, 4.69) is 57.1 Å². The lowest BCUT2D eigenvalue weighted by Gasteiger charge is -2.18. The third-order valence-electron chi connectivity index (χ3n) is 3.75. The highest BCUT2D eigenvalue weighted by Gasteiger charge is 2.20. The van der Waals surface area contributed by atoms with E-state index in [-0.39, 0.29) is 0 Å². The molecule has 0 saturated heterocycles. The van der Waals surface area contributed by atoms with Crippen LogP contribution >= 0.6 is 0 Å². The average molecular weight is 290 g/mol. The number of hydrogen-bond acceptors (Lipinski definition) is 3. The van der Waals surface area contributed by atoms with Gasteiger partial charge in [-0.15, -0.1) is 0 Å². The highest BCUT2D eigenvalue weighted by molar-refractivity contribution is 5.27. The molecule has 0 spiro atoms. The van der Waals surface area contributed by atoms with E-state index in [4.69, 9.17) is 4.74 Å². The summed E-state index contributed by atoms with van der Waals surface area (Å²) in [5, 5.41) is 3.56. The maximum Gasteiger partial charge on any atom is 0.213 e. The maximum absolute atomic E-state index is 5.90. The molecule has 0 unspecified atom stereocenters. The summed E-state index contributed by atoms with van der Waals surface area (Å²) in [5.41, 5.74) is 2.70. The highest BCUT2D eigenvalue weighted by Crippen LogP contribution is 2.23. The Kier molecular flexibility index (Phi) is 5.26. The first-order chi connectivity index (χ1) is 9.83. The first-order valence-corrected chi connectivity index (χ1v) is 8.20. The second-order valence-corrected chi connectivity index (χ2v) is 7.71. The molecule has 1 N–H and O–H groups in total. The second kappa shape index (κ2) is 6.78. The molecule has 3 nitrogen and oxygen atoms in total. The minimum absolute atomic E-state index is 0.298. The number of hydrogen-bond donors (Lipinski definition) is 1. The van der Waals surface area contributed by atoms with Crippen molar-refractivity contribution in [1.29, 1.82) is 0 Å². The van der Waals surface area contributed by atoms with E-state index >= 15 is 0 Å². The van der Waals surface area contributed by atoms with Crippen molar-refractivity contribution >= 4 is 0 Å². The van der Waals surface area contributed by atoms with Crippen molar-refractivity contribution in [3.63, 3.8) is 0 Å². The molecule has 0 amide bonds. The Balaban J connectivity index is 1.99. The Morgan fingerprint density at radius 2 is 2.00 bits per heavy atom. The number of rotatable bonds is 7. The Labute approximate surface area is 129 Å². The van der Waals surface area contributed by atoms with Gasteiger partial charge in [0.25, 0.3) is 0 Å². The monoisotopic (exact) mass is 290 g/mol. The topological polar surface area (TPSA) is 34.1 Å². The molecule has 1 aromatic rings. The van der Waals surface area contributed by atoms with Crippen LogP contribution in [0.2, 0.25) is 0 Å². The Morgan fingerprint density at radius 1 is 1.29 bits per heavy atom. The van der Waals surface area contributed by atoms with Crippen LogP contribution in [0.1, 0.15) is 71.1 Å². The number of aromatic nitrogens is 1. The van der Waals surface area contributed by atoms with Crippen molar-refractivity contribution in [2.75, 3.05) is 6.61 Å². The van der Waals surface area contributed by atoms with Crippen LogP contribution < -0.4 is 10.1 Å². The number of ether oxygens (including phenoxy) is 1. The molecule has 0 bridgehead atoms. The summed E-state index contributed by atoms with van der Waals surface area (Å²) in [6, 6.07) is 5.02. The van der Waals surface area contributed by atoms with Crippen molar-refractivity contribution < 1.29 is 4.74 Å². The van der Waals surface area contributed by atoms with Crippen LogP contribution in [0, 0.1) is 5.41 Å². The first kappa shape index (κ1) is 16.3. The fraction of sp³-hybridized carbons (Fsp3) is 0.722. The Hall–Kier alpha value is -1.09. The molecule has 0 aliphatic heterocycles. The smallest absolute Gasteiger partial charge is 0.213 e. The Bertz CT molecular complexity index is 459. The molecule has 1 aliphatic rings. The van der Waals surface area contributed by atoms with Crippen LogP contribution in [0.15, 0.2) is 12.1 Å². The van der Waals surface area contributed by atoms with E-state index in [0.29, 0.717) is 11.3 Å². The summed E-state index contributed by atoms with van der Waals surface area (Å²) >= 11 is 0. The summed E-state index contributed by atoms with van der Waals surface area (Å²) < 4.78 is 5.90. The number of pyridine rings is 1. The first-order valence-electron chi connectivity index (χ1n) is 8.20. The van der Waals surface area contributed by atoms with Crippen LogP contribution in [0.3, 0.4) is 0 Å². The third-order valence-corrected chi connectivity index (χ3v) is 3.75. The molecule has 2 rings (SSSR count). The van der Waals surface area contributed by atoms with E-state index in [1.165, 1.54) is 18.4 Å². The summed E-state index contributed by atoms with van der Waals surface area (Å²) in [5.74, 6) is 1.20. The van der Waals surface area contributed by atoms with Gasteiger partial charge in [-0.05, 0) is 42.2 Å². The third kappa shape index (κ3) is 6.04. The van der Waals surface area contributed by atoms with Gasteiger partial charge in [0.2, 0.25) is 5.88 Å². The quantitative estimate of drug-likeness (QED) is 0.814. The predicted octanol–water partition coefficient (Wildman–Crippen LogP) is 4.27. The second-order valence-electron chi connectivity index (χ2n) is 7.71. The van der Waals surface area contributed by atoms with Crippen LogP contribution in [0.5, 0.6) is 5.88 Å². The lowest BCUT2D eigenvalue weighted by molar-refractivity contribution is 0.235. The molecule has 1 fully saturated rings. The minimum atomic E-state index is 0.298. The zero-order valence-corrected chi connectivity index (χ0v) is 14.2. The largest absolute Gasteiger partial charge is 0.478 e. The molecule has 21 heavy (non-hydrogen) atoms. The Morgan fingerprint density at radius 3 is 2.57 bits per heavy atom. The van der Waals surface area contributed by atoms with E-state index in [9.17, 15) is 0 Å². The van der Waals surface area contributed by atoms with Gasteiger partial charge >= 0.3 is 0 Å². The molecule has 0 atom stereocenters. The van der Waals surface area contributed by atoms with Crippen molar-refractivity contribution in [2.24, 2.45) is 5.41 Å². The van der Waals surface area contributed by atoms with Gasteiger partial charge in [0, 0.05) is 24.3 Å². The fourth-order valence-electron chi connectivity index (χ4n) is 2.07. The van der Waals surface area contributed by atoms with Gasteiger partial charge in [0.15, 0.2) is 0 Å². The summed E-state index contributed by atoms with van der Waals surface area (Å²) in [4.78, 5) is 4.65. The van der Waals surface area contributed by atoms with Gasteiger partial charge in [-0.2, -0.15) is 0 Å². The molecule has 0 radical (unpaired) electrons. The van der Waals surface area contributed by atoms with Crippen molar-refractivity contribution in [3.05, 3.63) is 23.4 Å². The van der Waals surface area contributed by atoms with E-state index in [1.54, 1.807) is 0 Å². The van der Waals surface area contributed by atoms with Gasteiger partial charge in [0.1, 0.15) is 0 Å². The molecule has 118 valence electrons. The van der Waals surface area contributed by atoms with E-state index in [1.807, 2.05) is 0 Å². The standard InChI is InChI=1S/C18H30N2O/c1-13(2)16-10-14(12-19-15-6-7-15)11-17(20-16)21-9-8-18(3,4)5/h10-11,13,15,19H,6-9,12H2,1-5H3. The molecular weight excluding hydrogens is 260 g/mol. The summed E-state index contributed by atoms with van der Waals surface area (Å²) in [6.07, 6.45) is 3.67. The van der Waals surface area contributed by atoms with Gasteiger partial charge < -0.3 is 10.1 Å². The molecule has 3 heteroatoms. The van der Waals surface area contributed by atoms with Gasteiger partial charge in [-0.25, -0.2) is 4.98 Å². The lowest BCUT2D eigenvalue weighted by atomic mass is 9.93. The molecule has 1 aliphatic carbocycles. The minimum Gasteiger partial charge on any atom is -0.478 e. The summed E-state index contributed by atoms with van der Waals surface area (Å²) in [6.45, 7) is 12.7. The molecule has 1 aromatic heterocycles. The molecule has 1 saturated carbocycles. The van der Waals surface area contributed by atoms with Gasteiger partial charge in [-0.1, -0.05) is 34.6 Å². The molecular formula is C18H30N2O. The fourth-order valence-corrected chi connectivity index (χ4v) is 2.07. The van der Waals surface area contributed by atoms with Crippen LogP contribution in [-0.4, -0.2) is 17.6 Å². The van der Waals surface area contributed by atoms with E-state index in [0.717, 1.165) is 37.2 Å². The maximum atomic E-state index is 5.90. The summed E-state index contributed by atoms with van der Waals surface area (Å²) in [7, 11) is 0. The zero-order valence-electron chi connectivity index (χ0n) is 14.2. The molecule has 0 aromatic carbocycles. The SMILES string of the molecule is CC(C)c1cc(CNC2CC2)cc(OCCC(C)(C)C)n1. The highest BCUT2D eigenvalue weighted by atomic mass is 16.5. The van der Waals surface area contributed by atoms with Crippen molar-refractivity contribution in [1.82, 2.24) is 10.3 Å². The normalized spacial score (nSPS) is 15.5. The zero-order chi connectivity index (χ0) is 15.5. The number of nitrogens with zero attached hydrogens (tertiary/aromatic N) is 1. The molecule has 1 heterocycles. The predicted molar refractivity (Wildman–Crippen MR) is 87.8 cm³/mol.